The number of pyridine rings is 3. The van der Waals surface area contributed by atoms with E-state index < -0.39 is 0 Å². The van der Waals surface area contributed by atoms with Gasteiger partial charge < -0.3 is 9.88 Å². The summed E-state index contributed by atoms with van der Waals surface area (Å²) in [6.45, 7) is 0.835. The van der Waals surface area contributed by atoms with Crippen LogP contribution in [0.15, 0.2) is 195 Å². The Labute approximate surface area is 319 Å². The van der Waals surface area contributed by atoms with Crippen LogP contribution in [0.5, 0.6) is 0 Å². The Hall–Kier alpha value is -7.37. The van der Waals surface area contributed by atoms with Crippen LogP contribution in [-0.2, 0) is 0 Å². The molecule has 0 amide bonds. The summed E-state index contributed by atoms with van der Waals surface area (Å²) < 4.78 is 2.40. The van der Waals surface area contributed by atoms with E-state index in [-0.39, 0.29) is 0 Å². The molecule has 0 radical (unpaired) electrons. The number of hydrogen-bond acceptors (Lipinski definition) is 4. The number of dihydropyridines is 1. The number of aromatic nitrogens is 4. The molecule has 55 heavy (non-hydrogen) atoms. The second kappa shape index (κ2) is 13.9. The number of nitrogens with zero attached hydrogens (tertiary/aromatic N) is 4. The molecule has 10 rings (SSSR count). The van der Waals surface area contributed by atoms with Crippen molar-refractivity contribution in [2.24, 2.45) is 0 Å². The highest BCUT2D eigenvalue weighted by Gasteiger charge is 2.16. The van der Waals surface area contributed by atoms with Crippen molar-refractivity contribution in [3.05, 3.63) is 200 Å². The fourth-order valence-electron chi connectivity index (χ4n) is 7.65. The molecule has 0 bridgehead atoms. The van der Waals surface area contributed by atoms with Crippen LogP contribution in [-0.4, -0.2) is 26.1 Å². The van der Waals surface area contributed by atoms with Gasteiger partial charge in [-0.2, -0.15) is 0 Å². The molecule has 0 saturated carbocycles. The molecule has 0 atom stereocenters. The first-order chi connectivity index (χ1) is 27.2. The molecule has 1 aliphatic rings. The number of nitrogens with one attached hydrogen (secondary N) is 1. The monoisotopic (exact) mass is 705 g/mol. The number of hydrogen-bond donors (Lipinski definition) is 1. The molecular formula is C50H35N5. The quantitative estimate of drug-likeness (QED) is 0.179. The first-order valence-corrected chi connectivity index (χ1v) is 18.6. The molecular weight excluding hydrogens is 671 g/mol. The van der Waals surface area contributed by atoms with Crippen molar-refractivity contribution in [2.45, 2.75) is 0 Å². The second-order valence-electron chi connectivity index (χ2n) is 13.8. The molecule has 260 valence electrons. The average Bonchev–Trinajstić information content (AvgIpc) is 3.61. The maximum absolute atomic E-state index is 5.08. The van der Waals surface area contributed by atoms with Crippen LogP contribution in [0.2, 0.25) is 0 Å². The van der Waals surface area contributed by atoms with Gasteiger partial charge in [0.25, 0.3) is 0 Å². The average molecular weight is 706 g/mol. The predicted molar refractivity (Wildman–Crippen MR) is 226 cm³/mol. The van der Waals surface area contributed by atoms with E-state index in [2.05, 4.69) is 173 Å². The number of fused-ring (bicyclic) bond motifs is 3. The second-order valence-corrected chi connectivity index (χ2v) is 13.8. The van der Waals surface area contributed by atoms with E-state index in [4.69, 9.17) is 9.97 Å². The van der Waals surface area contributed by atoms with Gasteiger partial charge in [-0.1, -0.05) is 97.1 Å². The largest absolute Gasteiger partial charge is 0.387 e. The number of benzene rings is 5. The van der Waals surface area contributed by atoms with Gasteiger partial charge >= 0.3 is 0 Å². The summed E-state index contributed by atoms with van der Waals surface area (Å²) in [7, 11) is 0. The number of rotatable bonds is 7. The normalized spacial score (nSPS) is 12.5. The molecule has 5 nitrogen and oxygen atoms in total. The van der Waals surface area contributed by atoms with Gasteiger partial charge in [0, 0.05) is 63.9 Å². The molecule has 5 heteroatoms. The summed E-state index contributed by atoms with van der Waals surface area (Å²) in [5, 5.41) is 5.77. The smallest absolute Gasteiger partial charge is 0.0725 e. The molecule has 0 unspecified atom stereocenters. The Balaban J connectivity index is 1.13. The maximum atomic E-state index is 5.08. The Morgan fingerprint density at radius 2 is 0.982 bits per heavy atom. The van der Waals surface area contributed by atoms with Crippen LogP contribution >= 0.6 is 0 Å². The summed E-state index contributed by atoms with van der Waals surface area (Å²) in [5.41, 5.74) is 15.8. The van der Waals surface area contributed by atoms with Crippen LogP contribution in [0.3, 0.4) is 0 Å². The van der Waals surface area contributed by atoms with Crippen molar-refractivity contribution in [2.75, 3.05) is 6.54 Å². The zero-order valence-corrected chi connectivity index (χ0v) is 30.0. The Bertz CT molecular complexity index is 2880. The van der Waals surface area contributed by atoms with Crippen molar-refractivity contribution < 1.29 is 0 Å². The topological polar surface area (TPSA) is 55.6 Å². The van der Waals surface area contributed by atoms with Gasteiger partial charge in [0.15, 0.2) is 0 Å². The number of allylic oxidation sites excluding steroid dienone is 2. The Morgan fingerprint density at radius 3 is 1.58 bits per heavy atom. The number of para-hydroxylation sites is 2. The lowest BCUT2D eigenvalue weighted by atomic mass is 9.95. The minimum atomic E-state index is 0.835. The third-order valence-electron chi connectivity index (χ3n) is 10.3. The van der Waals surface area contributed by atoms with Crippen molar-refractivity contribution in [3.63, 3.8) is 0 Å². The fraction of sp³-hybridized carbons (Fsp3) is 0.0200. The highest BCUT2D eigenvalue weighted by molar-refractivity contribution is 6.09. The van der Waals surface area contributed by atoms with Gasteiger partial charge in [-0.05, 0) is 101 Å². The summed E-state index contributed by atoms with van der Waals surface area (Å²) in [5.74, 6) is 0. The minimum Gasteiger partial charge on any atom is -0.387 e. The van der Waals surface area contributed by atoms with Crippen molar-refractivity contribution in [1.82, 2.24) is 24.8 Å². The lowest BCUT2D eigenvalue weighted by molar-refractivity contribution is 0.974. The Morgan fingerprint density at radius 1 is 0.455 bits per heavy atom. The third-order valence-corrected chi connectivity index (χ3v) is 10.3. The van der Waals surface area contributed by atoms with Gasteiger partial charge in [-0.25, -0.2) is 9.97 Å². The zero-order chi connectivity index (χ0) is 36.6. The lowest BCUT2D eigenvalue weighted by Crippen LogP contribution is -2.09. The van der Waals surface area contributed by atoms with Gasteiger partial charge in [-0.3, -0.25) is 4.98 Å². The van der Waals surface area contributed by atoms with E-state index in [0.29, 0.717) is 0 Å². The third kappa shape index (κ3) is 6.18. The first-order valence-electron chi connectivity index (χ1n) is 18.6. The van der Waals surface area contributed by atoms with Crippen molar-refractivity contribution in [3.8, 4) is 61.7 Å². The summed E-state index contributed by atoms with van der Waals surface area (Å²) in [4.78, 5) is 14.4. The van der Waals surface area contributed by atoms with Crippen molar-refractivity contribution in [1.29, 1.82) is 0 Å². The highest BCUT2D eigenvalue weighted by Crippen LogP contribution is 2.38. The molecule has 0 saturated heterocycles. The van der Waals surface area contributed by atoms with Crippen molar-refractivity contribution >= 4 is 27.4 Å². The predicted octanol–water partition coefficient (Wildman–Crippen LogP) is 11.8. The van der Waals surface area contributed by atoms with Crippen LogP contribution < -0.4 is 5.32 Å². The summed E-state index contributed by atoms with van der Waals surface area (Å²) >= 11 is 0. The maximum Gasteiger partial charge on any atom is 0.0725 e. The van der Waals surface area contributed by atoms with E-state index in [0.717, 1.165) is 79.5 Å². The lowest BCUT2D eigenvalue weighted by Gasteiger charge is -2.15. The van der Waals surface area contributed by atoms with Crippen LogP contribution in [0.4, 0.5) is 0 Å². The molecule has 0 fully saturated rings. The Kier molecular flexibility index (Phi) is 8.15. The zero-order valence-electron chi connectivity index (χ0n) is 30.0. The highest BCUT2D eigenvalue weighted by atomic mass is 15.0. The van der Waals surface area contributed by atoms with Crippen LogP contribution in [0.25, 0.3) is 89.1 Å². The standard InChI is InChI=1S/C50H35N5/c1-3-23-49-43(17-1)44-18-2-4-24-50(44)55(49)42-30-40(34-11-5-13-36(27-34)45-19-7-21-47(53-45)38-15-9-25-51-32-38)29-41(31-42)35-12-6-14-37(28-35)46-20-8-22-48(54-46)39-16-10-26-52-33-39/h1-25,27-33,52H,26H2. The van der Waals surface area contributed by atoms with Crippen LogP contribution in [0.1, 0.15) is 5.69 Å². The summed E-state index contributed by atoms with van der Waals surface area (Å²) in [6.07, 6.45) is 9.93. The molecule has 1 N–H and O–H groups in total. The molecule has 5 heterocycles. The SMILES string of the molecule is C1=CC(c2cccc(-c3cccc(-c4cc(-c5cccc(-c6cccc(-c7cccnc7)n6)c5)cc(-n5c6ccccc6c6ccccc65)c4)c3)n2)=CNC1. The van der Waals surface area contributed by atoms with E-state index >= 15 is 0 Å². The first kappa shape index (κ1) is 32.3. The fourth-order valence-corrected chi connectivity index (χ4v) is 7.65. The van der Waals surface area contributed by atoms with Gasteiger partial charge in [0.2, 0.25) is 0 Å². The van der Waals surface area contributed by atoms with E-state index in [1.54, 1.807) is 6.20 Å². The minimum absolute atomic E-state index is 0.835. The van der Waals surface area contributed by atoms with E-state index in [9.17, 15) is 0 Å². The molecule has 4 aromatic heterocycles. The van der Waals surface area contributed by atoms with E-state index in [1.165, 1.54) is 21.8 Å². The molecule has 9 aromatic rings. The van der Waals surface area contributed by atoms with Crippen LogP contribution in [0, 0.1) is 0 Å². The molecule has 5 aromatic carbocycles. The van der Waals surface area contributed by atoms with Gasteiger partial charge in [0.1, 0.15) is 0 Å². The molecule has 1 aliphatic heterocycles. The van der Waals surface area contributed by atoms with Gasteiger partial charge in [0.05, 0.1) is 33.8 Å². The molecule has 0 spiro atoms. The van der Waals surface area contributed by atoms with E-state index in [1.807, 2.05) is 30.6 Å². The molecule has 0 aliphatic carbocycles. The summed E-state index contributed by atoms with van der Waals surface area (Å²) in [6, 6.07) is 58.1. The van der Waals surface area contributed by atoms with Gasteiger partial charge in [-0.15, -0.1) is 0 Å².